The molecule has 0 aliphatic carbocycles. The monoisotopic (exact) mass is 364 g/mol. The minimum Gasteiger partial charge on any atom is -0.479 e. The molecular weight excluding hydrogens is 348 g/mol. The van der Waals surface area contributed by atoms with E-state index in [2.05, 4.69) is 5.16 Å². The molecule has 1 aromatic heterocycles. The van der Waals surface area contributed by atoms with Crippen LogP contribution in [0.4, 0.5) is 0 Å². The van der Waals surface area contributed by atoms with Gasteiger partial charge in [-0.25, -0.2) is 4.79 Å². The summed E-state index contributed by atoms with van der Waals surface area (Å²) >= 11 is 6.20. The van der Waals surface area contributed by atoms with Gasteiger partial charge in [-0.1, -0.05) is 35.0 Å². The number of nitrogens with zero attached hydrogens (tertiary/aromatic N) is 2. The second kappa shape index (κ2) is 6.50. The van der Waals surface area contributed by atoms with Crippen LogP contribution in [-0.4, -0.2) is 50.8 Å². The molecule has 132 valence electrons. The molecule has 0 unspecified atom stereocenters. The van der Waals surface area contributed by atoms with Gasteiger partial charge in [-0.05, 0) is 13.0 Å². The Hall–Kier alpha value is -2.38. The van der Waals surface area contributed by atoms with Crippen LogP contribution in [0.2, 0.25) is 5.02 Å². The molecule has 1 aromatic carbocycles. The van der Waals surface area contributed by atoms with Crippen molar-refractivity contribution < 1.29 is 24.3 Å². The number of aliphatic carboxylic acids is 1. The summed E-state index contributed by atoms with van der Waals surface area (Å²) in [6, 6.07) is 7.00. The third kappa shape index (κ3) is 3.12. The third-order valence-electron chi connectivity index (χ3n) is 4.48. The van der Waals surface area contributed by atoms with Crippen molar-refractivity contribution in [2.24, 2.45) is 0 Å². The zero-order valence-corrected chi connectivity index (χ0v) is 14.3. The average Bonchev–Trinajstić information content (AvgIpc) is 2.96. The van der Waals surface area contributed by atoms with E-state index in [-0.39, 0.29) is 31.8 Å². The fourth-order valence-electron chi connectivity index (χ4n) is 2.91. The van der Waals surface area contributed by atoms with Gasteiger partial charge in [-0.15, -0.1) is 0 Å². The van der Waals surface area contributed by atoms with Crippen molar-refractivity contribution in [1.29, 1.82) is 0 Å². The van der Waals surface area contributed by atoms with E-state index in [0.29, 0.717) is 27.6 Å². The Bertz CT molecular complexity index is 824. The summed E-state index contributed by atoms with van der Waals surface area (Å²) < 4.78 is 5.20. The molecule has 2 N–H and O–H groups in total. The van der Waals surface area contributed by atoms with Crippen LogP contribution in [0.3, 0.4) is 0 Å². The lowest BCUT2D eigenvalue weighted by molar-refractivity contribution is -0.162. The number of carbonyl (C=O) groups is 2. The van der Waals surface area contributed by atoms with Gasteiger partial charge in [0.05, 0.1) is 5.02 Å². The number of halogens is 1. The van der Waals surface area contributed by atoms with Crippen molar-refractivity contribution in [3.05, 3.63) is 40.6 Å². The molecule has 1 aliphatic rings. The van der Waals surface area contributed by atoms with Gasteiger partial charge >= 0.3 is 5.97 Å². The molecule has 7 nitrogen and oxygen atoms in total. The Balaban J connectivity index is 1.89. The second-order valence-electron chi connectivity index (χ2n) is 6.07. The third-order valence-corrected chi connectivity index (χ3v) is 4.81. The van der Waals surface area contributed by atoms with Gasteiger partial charge in [0.15, 0.2) is 5.60 Å². The number of carboxylic acid groups (broad SMARTS) is 1. The highest BCUT2D eigenvalue weighted by Crippen LogP contribution is 2.33. The Labute approximate surface area is 148 Å². The van der Waals surface area contributed by atoms with Gasteiger partial charge in [0, 0.05) is 31.5 Å². The number of piperidine rings is 1. The summed E-state index contributed by atoms with van der Waals surface area (Å²) in [4.78, 5) is 25.5. The van der Waals surface area contributed by atoms with E-state index < -0.39 is 11.6 Å². The van der Waals surface area contributed by atoms with Crippen LogP contribution >= 0.6 is 11.6 Å². The number of benzene rings is 1. The van der Waals surface area contributed by atoms with Crippen molar-refractivity contribution in [1.82, 2.24) is 10.1 Å². The molecule has 2 heterocycles. The van der Waals surface area contributed by atoms with E-state index in [0.717, 1.165) is 0 Å². The van der Waals surface area contributed by atoms with E-state index in [1.54, 1.807) is 31.2 Å². The maximum absolute atomic E-state index is 12.9. The molecule has 3 rings (SSSR count). The molecule has 1 fully saturated rings. The van der Waals surface area contributed by atoms with Crippen molar-refractivity contribution in [2.75, 3.05) is 13.1 Å². The van der Waals surface area contributed by atoms with E-state index in [1.807, 2.05) is 0 Å². The van der Waals surface area contributed by atoms with Gasteiger partial charge < -0.3 is 19.6 Å². The highest BCUT2D eigenvalue weighted by Gasteiger charge is 2.41. The molecule has 0 radical (unpaired) electrons. The first-order valence-corrected chi connectivity index (χ1v) is 8.17. The van der Waals surface area contributed by atoms with Crippen molar-refractivity contribution in [3.63, 3.8) is 0 Å². The van der Waals surface area contributed by atoms with E-state index in [4.69, 9.17) is 21.2 Å². The number of aliphatic hydroxyl groups is 1. The van der Waals surface area contributed by atoms with Crippen LogP contribution in [-0.2, 0) is 4.79 Å². The number of aromatic nitrogens is 1. The summed E-state index contributed by atoms with van der Waals surface area (Å²) in [7, 11) is 0. The summed E-state index contributed by atoms with van der Waals surface area (Å²) in [5, 5.41) is 23.5. The molecule has 0 saturated carbocycles. The van der Waals surface area contributed by atoms with Crippen LogP contribution in [0.1, 0.15) is 29.0 Å². The Morgan fingerprint density at radius 2 is 1.92 bits per heavy atom. The topological polar surface area (TPSA) is 104 Å². The Kier molecular flexibility index (Phi) is 4.53. The highest BCUT2D eigenvalue weighted by molar-refractivity contribution is 6.33. The SMILES string of the molecule is Cc1onc(-c2ccccc2Cl)c1C(=O)N1CCC(O)(C(=O)O)CC1. The molecule has 0 atom stereocenters. The van der Waals surface area contributed by atoms with Gasteiger partial charge in [0.2, 0.25) is 0 Å². The summed E-state index contributed by atoms with van der Waals surface area (Å²) in [5.74, 6) is -1.22. The molecule has 1 amide bonds. The fourth-order valence-corrected chi connectivity index (χ4v) is 3.14. The van der Waals surface area contributed by atoms with Gasteiger partial charge in [0.25, 0.3) is 5.91 Å². The zero-order valence-electron chi connectivity index (χ0n) is 13.5. The number of likely N-dealkylation sites (tertiary alicyclic amines) is 1. The number of rotatable bonds is 3. The molecule has 0 bridgehead atoms. The minimum atomic E-state index is -1.79. The number of hydrogen-bond acceptors (Lipinski definition) is 5. The van der Waals surface area contributed by atoms with Crippen LogP contribution < -0.4 is 0 Å². The van der Waals surface area contributed by atoms with Crippen LogP contribution in [0, 0.1) is 6.92 Å². The normalized spacial score (nSPS) is 16.7. The molecular formula is C17H17ClN2O5. The van der Waals surface area contributed by atoms with Crippen LogP contribution in [0.15, 0.2) is 28.8 Å². The standard InChI is InChI=1S/C17H17ClN2O5/c1-10-13(14(19-25-10)11-4-2-3-5-12(11)18)15(21)20-8-6-17(24,7-9-20)16(22)23/h2-5,24H,6-9H2,1H3,(H,22,23). The van der Waals surface area contributed by atoms with Crippen molar-refractivity contribution in [2.45, 2.75) is 25.4 Å². The highest BCUT2D eigenvalue weighted by atomic mass is 35.5. The number of amides is 1. The predicted molar refractivity (Wildman–Crippen MR) is 89.4 cm³/mol. The largest absolute Gasteiger partial charge is 0.479 e. The maximum Gasteiger partial charge on any atom is 0.335 e. The number of carboxylic acids is 1. The molecule has 1 aliphatic heterocycles. The number of hydrogen-bond donors (Lipinski definition) is 2. The molecule has 8 heteroatoms. The molecule has 0 spiro atoms. The Morgan fingerprint density at radius 1 is 1.28 bits per heavy atom. The van der Waals surface area contributed by atoms with Gasteiger partial charge in [0.1, 0.15) is 17.0 Å². The lowest BCUT2D eigenvalue weighted by atomic mass is 9.91. The quantitative estimate of drug-likeness (QED) is 0.866. The minimum absolute atomic E-state index is 0.0279. The van der Waals surface area contributed by atoms with E-state index >= 15 is 0 Å². The second-order valence-corrected chi connectivity index (χ2v) is 6.48. The zero-order chi connectivity index (χ0) is 18.2. The first kappa shape index (κ1) is 17.4. The lowest BCUT2D eigenvalue weighted by Gasteiger charge is -2.35. The number of carbonyl (C=O) groups excluding carboxylic acids is 1. The molecule has 2 aromatic rings. The van der Waals surface area contributed by atoms with Crippen LogP contribution in [0.5, 0.6) is 0 Å². The Morgan fingerprint density at radius 3 is 2.52 bits per heavy atom. The van der Waals surface area contributed by atoms with Crippen molar-refractivity contribution >= 4 is 23.5 Å². The number of aryl methyl sites for hydroxylation is 1. The first-order valence-electron chi connectivity index (χ1n) is 7.80. The molecule has 1 saturated heterocycles. The fraction of sp³-hybridized carbons (Fsp3) is 0.353. The summed E-state index contributed by atoms with van der Waals surface area (Å²) in [6.45, 7) is 1.90. The molecule has 25 heavy (non-hydrogen) atoms. The first-order chi connectivity index (χ1) is 11.8. The maximum atomic E-state index is 12.9. The van der Waals surface area contributed by atoms with E-state index in [9.17, 15) is 14.7 Å². The lowest BCUT2D eigenvalue weighted by Crippen LogP contribution is -2.50. The van der Waals surface area contributed by atoms with Gasteiger partial charge in [-0.3, -0.25) is 4.79 Å². The smallest absolute Gasteiger partial charge is 0.335 e. The van der Waals surface area contributed by atoms with Crippen molar-refractivity contribution in [3.8, 4) is 11.3 Å². The van der Waals surface area contributed by atoms with E-state index in [1.165, 1.54) is 4.90 Å². The van der Waals surface area contributed by atoms with Crippen LogP contribution in [0.25, 0.3) is 11.3 Å². The summed E-state index contributed by atoms with van der Waals surface area (Å²) in [5.41, 5.74) is -0.545. The summed E-state index contributed by atoms with van der Waals surface area (Å²) in [6.07, 6.45) is -0.0559. The average molecular weight is 365 g/mol. The van der Waals surface area contributed by atoms with Gasteiger partial charge in [-0.2, -0.15) is 0 Å². The predicted octanol–water partition coefficient (Wildman–Crippen LogP) is 2.36.